The van der Waals surface area contributed by atoms with Gasteiger partial charge in [-0.1, -0.05) is 51.1 Å². The highest BCUT2D eigenvalue weighted by Gasteiger charge is 2.57. The first-order valence-electron chi connectivity index (χ1n) is 8.26. The molecule has 2 N–H and O–H groups in total. The standard InChI is InChI=1S/C21H22O4/c1-11-10-14-13-8-6-7-9-15(13)21(18(22)23,19(24)25)17(14)12(2)16(11)20(3,4)5/h6-10H,1-5H3,(H,22,23)(H,24,25). The second-order valence-electron chi connectivity index (χ2n) is 7.77. The summed E-state index contributed by atoms with van der Waals surface area (Å²) in [5, 5.41) is 20.1. The second-order valence-corrected chi connectivity index (χ2v) is 7.77. The lowest BCUT2D eigenvalue weighted by atomic mass is 9.72. The Bertz CT molecular complexity index is 902. The molecule has 0 unspecified atom stereocenters. The van der Waals surface area contributed by atoms with Crippen LogP contribution in [0.15, 0.2) is 30.3 Å². The Morgan fingerprint density at radius 3 is 2.04 bits per heavy atom. The van der Waals surface area contributed by atoms with Crippen molar-refractivity contribution in [3.05, 3.63) is 58.1 Å². The zero-order chi connectivity index (χ0) is 18.7. The quantitative estimate of drug-likeness (QED) is 0.811. The lowest BCUT2D eigenvalue weighted by Crippen LogP contribution is -2.44. The SMILES string of the molecule is Cc1cc2c(c(C)c1C(C)(C)C)C(C(=O)O)(C(=O)O)c1ccccc1-2. The molecule has 0 spiro atoms. The van der Waals surface area contributed by atoms with Gasteiger partial charge < -0.3 is 10.2 Å². The monoisotopic (exact) mass is 338 g/mol. The molecule has 25 heavy (non-hydrogen) atoms. The molecule has 0 bridgehead atoms. The molecule has 0 aromatic heterocycles. The molecule has 2 aromatic rings. The molecular weight excluding hydrogens is 316 g/mol. The predicted molar refractivity (Wildman–Crippen MR) is 96.1 cm³/mol. The van der Waals surface area contributed by atoms with Crippen LogP contribution in [0.2, 0.25) is 0 Å². The van der Waals surface area contributed by atoms with Crippen LogP contribution in [0.1, 0.15) is 48.6 Å². The fraction of sp³-hybridized carbons (Fsp3) is 0.333. The number of carboxylic acid groups (broad SMARTS) is 2. The summed E-state index contributed by atoms with van der Waals surface area (Å²) in [5.74, 6) is -2.70. The highest BCUT2D eigenvalue weighted by Crippen LogP contribution is 2.52. The molecule has 0 atom stereocenters. The van der Waals surface area contributed by atoms with Gasteiger partial charge in [-0.2, -0.15) is 0 Å². The molecule has 3 rings (SSSR count). The smallest absolute Gasteiger partial charge is 0.330 e. The Morgan fingerprint density at radius 2 is 1.52 bits per heavy atom. The van der Waals surface area contributed by atoms with Crippen molar-refractivity contribution in [1.82, 2.24) is 0 Å². The van der Waals surface area contributed by atoms with Crippen molar-refractivity contribution in [1.29, 1.82) is 0 Å². The summed E-state index contributed by atoms with van der Waals surface area (Å²) in [7, 11) is 0. The largest absolute Gasteiger partial charge is 0.480 e. The van der Waals surface area contributed by atoms with Crippen LogP contribution >= 0.6 is 0 Å². The van der Waals surface area contributed by atoms with E-state index in [1.54, 1.807) is 18.2 Å². The summed E-state index contributed by atoms with van der Waals surface area (Å²) >= 11 is 0. The van der Waals surface area contributed by atoms with E-state index in [1.807, 2.05) is 26.0 Å². The average Bonchev–Trinajstić information content (AvgIpc) is 2.77. The fourth-order valence-electron chi connectivity index (χ4n) is 4.55. The van der Waals surface area contributed by atoms with Crippen molar-refractivity contribution < 1.29 is 19.8 Å². The van der Waals surface area contributed by atoms with Gasteiger partial charge in [0.1, 0.15) is 0 Å². The lowest BCUT2D eigenvalue weighted by molar-refractivity contribution is -0.155. The Kier molecular flexibility index (Phi) is 3.57. The molecule has 4 nitrogen and oxygen atoms in total. The maximum atomic E-state index is 12.3. The Balaban J connectivity index is 2.57. The van der Waals surface area contributed by atoms with E-state index in [1.165, 1.54) is 0 Å². The number of fused-ring (bicyclic) bond motifs is 3. The zero-order valence-electron chi connectivity index (χ0n) is 15.1. The van der Waals surface area contributed by atoms with Gasteiger partial charge in [0.2, 0.25) is 5.41 Å². The van der Waals surface area contributed by atoms with E-state index >= 15 is 0 Å². The minimum absolute atomic E-state index is 0.222. The van der Waals surface area contributed by atoms with Crippen LogP contribution in [-0.4, -0.2) is 22.2 Å². The molecule has 0 saturated heterocycles. The second kappa shape index (κ2) is 5.19. The Labute approximate surface area is 147 Å². The summed E-state index contributed by atoms with van der Waals surface area (Å²) < 4.78 is 0. The number of hydrogen-bond donors (Lipinski definition) is 2. The van der Waals surface area contributed by atoms with Crippen molar-refractivity contribution >= 4 is 11.9 Å². The minimum Gasteiger partial charge on any atom is -0.480 e. The van der Waals surface area contributed by atoms with Gasteiger partial charge in [0, 0.05) is 0 Å². The topological polar surface area (TPSA) is 74.6 Å². The summed E-state index contributed by atoms with van der Waals surface area (Å²) in [5.41, 5.74) is 2.64. The van der Waals surface area contributed by atoms with Crippen molar-refractivity contribution in [2.75, 3.05) is 0 Å². The van der Waals surface area contributed by atoms with Crippen LogP contribution in [0.3, 0.4) is 0 Å². The van der Waals surface area contributed by atoms with E-state index in [2.05, 4.69) is 20.8 Å². The van der Waals surface area contributed by atoms with E-state index in [0.29, 0.717) is 22.3 Å². The maximum absolute atomic E-state index is 12.3. The van der Waals surface area contributed by atoms with Crippen molar-refractivity contribution in [2.24, 2.45) is 0 Å². The van der Waals surface area contributed by atoms with Gasteiger partial charge in [-0.3, -0.25) is 9.59 Å². The van der Waals surface area contributed by atoms with E-state index < -0.39 is 17.4 Å². The predicted octanol–water partition coefficient (Wildman–Crippen LogP) is 4.04. The molecule has 4 heteroatoms. The van der Waals surface area contributed by atoms with Crippen LogP contribution in [0.25, 0.3) is 11.1 Å². The lowest BCUT2D eigenvalue weighted by Gasteiger charge is -2.30. The summed E-state index contributed by atoms with van der Waals surface area (Å²) in [6.45, 7) is 10.0. The Hall–Kier alpha value is -2.62. The van der Waals surface area contributed by atoms with Crippen molar-refractivity contribution in [2.45, 2.75) is 45.4 Å². The molecule has 0 amide bonds. The molecule has 1 aliphatic carbocycles. The maximum Gasteiger partial charge on any atom is 0.330 e. The van der Waals surface area contributed by atoms with Gasteiger partial charge in [0.25, 0.3) is 0 Å². The number of aryl methyl sites for hydroxylation is 1. The number of rotatable bonds is 2. The molecule has 0 heterocycles. The molecule has 1 aliphatic rings. The summed E-state index contributed by atoms with van der Waals surface area (Å²) in [4.78, 5) is 24.6. The number of hydrogen-bond acceptors (Lipinski definition) is 2. The number of carbonyl (C=O) groups is 2. The van der Waals surface area contributed by atoms with E-state index in [9.17, 15) is 19.8 Å². The highest BCUT2D eigenvalue weighted by molar-refractivity contribution is 6.14. The van der Waals surface area contributed by atoms with E-state index in [0.717, 1.165) is 16.7 Å². The third kappa shape index (κ3) is 2.06. The van der Waals surface area contributed by atoms with Crippen LogP contribution in [0, 0.1) is 13.8 Å². The number of carboxylic acids is 2. The molecule has 0 aliphatic heterocycles. The van der Waals surface area contributed by atoms with E-state index in [-0.39, 0.29) is 5.41 Å². The minimum atomic E-state index is -2.07. The van der Waals surface area contributed by atoms with Crippen LogP contribution in [0.5, 0.6) is 0 Å². The first-order valence-corrected chi connectivity index (χ1v) is 8.26. The zero-order valence-corrected chi connectivity index (χ0v) is 15.1. The number of aliphatic carboxylic acids is 2. The van der Waals surface area contributed by atoms with Gasteiger partial charge >= 0.3 is 11.9 Å². The van der Waals surface area contributed by atoms with Crippen LogP contribution < -0.4 is 0 Å². The van der Waals surface area contributed by atoms with Crippen LogP contribution in [0.4, 0.5) is 0 Å². The normalized spacial score (nSPS) is 14.8. The third-order valence-electron chi connectivity index (χ3n) is 5.16. The molecule has 0 radical (unpaired) electrons. The summed E-state index contributed by atoms with van der Waals surface area (Å²) in [6, 6.07) is 8.86. The molecule has 130 valence electrons. The van der Waals surface area contributed by atoms with Gasteiger partial charge in [0.05, 0.1) is 0 Å². The van der Waals surface area contributed by atoms with E-state index in [4.69, 9.17) is 0 Å². The van der Waals surface area contributed by atoms with Gasteiger partial charge in [0.15, 0.2) is 0 Å². The summed E-state index contributed by atoms with van der Waals surface area (Å²) in [6.07, 6.45) is 0. The van der Waals surface area contributed by atoms with Crippen molar-refractivity contribution in [3.8, 4) is 11.1 Å². The van der Waals surface area contributed by atoms with Gasteiger partial charge in [-0.05, 0) is 58.2 Å². The molecule has 0 fully saturated rings. The van der Waals surface area contributed by atoms with Gasteiger partial charge in [-0.25, -0.2) is 0 Å². The number of benzene rings is 2. The van der Waals surface area contributed by atoms with Crippen LogP contribution in [-0.2, 0) is 20.4 Å². The Morgan fingerprint density at radius 1 is 0.960 bits per heavy atom. The molecule has 0 saturated carbocycles. The third-order valence-corrected chi connectivity index (χ3v) is 5.16. The highest BCUT2D eigenvalue weighted by atomic mass is 16.4. The first-order chi connectivity index (χ1) is 11.5. The first kappa shape index (κ1) is 17.2. The fourth-order valence-corrected chi connectivity index (χ4v) is 4.55. The van der Waals surface area contributed by atoms with Gasteiger partial charge in [-0.15, -0.1) is 0 Å². The average molecular weight is 338 g/mol. The molecule has 2 aromatic carbocycles. The molecular formula is C21H22O4. The van der Waals surface area contributed by atoms with Crippen molar-refractivity contribution in [3.63, 3.8) is 0 Å².